The summed E-state index contributed by atoms with van der Waals surface area (Å²) in [6.45, 7) is 2.63. The van der Waals surface area contributed by atoms with Crippen molar-refractivity contribution in [1.82, 2.24) is 0 Å². The Morgan fingerprint density at radius 2 is 1.95 bits per heavy atom. The molecule has 0 spiro atoms. The molecule has 110 valence electrons. The molecule has 0 radical (unpaired) electrons. The lowest BCUT2D eigenvalue weighted by molar-refractivity contribution is 0.0480. The minimum atomic E-state index is -0.847. The molecule has 1 aliphatic heterocycles. The van der Waals surface area contributed by atoms with Crippen LogP contribution in [0, 0.1) is 0 Å². The molecule has 0 aromatic heterocycles. The summed E-state index contributed by atoms with van der Waals surface area (Å²) in [6.07, 6.45) is 2.49. The van der Waals surface area contributed by atoms with Crippen LogP contribution in [0.4, 0.5) is 0 Å². The fraction of sp³-hybridized carbons (Fsp3) is 0.333. The Labute approximate surface area is 130 Å². The Bertz CT molecular complexity index is 632. The van der Waals surface area contributed by atoms with E-state index < -0.39 is 5.60 Å². The third-order valence-corrected chi connectivity index (χ3v) is 4.37. The molecule has 1 unspecified atom stereocenters. The molecule has 0 saturated carbocycles. The Hall–Kier alpha value is -1.51. The van der Waals surface area contributed by atoms with Gasteiger partial charge in [0.15, 0.2) is 0 Å². The summed E-state index contributed by atoms with van der Waals surface area (Å²) < 4.78 is 5.52. The highest BCUT2D eigenvalue weighted by molar-refractivity contribution is 6.30. The summed E-state index contributed by atoms with van der Waals surface area (Å²) >= 11 is 5.90. The van der Waals surface area contributed by atoms with Crippen molar-refractivity contribution in [3.05, 3.63) is 64.2 Å². The molecule has 1 atom stereocenters. The third-order valence-electron chi connectivity index (χ3n) is 4.12. The normalized spacial score (nSPS) is 16.1. The fourth-order valence-electron chi connectivity index (χ4n) is 2.74. The molecule has 21 heavy (non-hydrogen) atoms. The van der Waals surface area contributed by atoms with Gasteiger partial charge in [-0.2, -0.15) is 0 Å². The van der Waals surface area contributed by atoms with Crippen molar-refractivity contribution < 1.29 is 9.84 Å². The van der Waals surface area contributed by atoms with Crippen LogP contribution in [0.3, 0.4) is 0 Å². The summed E-state index contributed by atoms with van der Waals surface area (Å²) in [5, 5.41) is 11.4. The molecular weight excluding hydrogens is 284 g/mol. The summed E-state index contributed by atoms with van der Waals surface area (Å²) in [4.78, 5) is 0. The van der Waals surface area contributed by atoms with Gasteiger partial charge in [-0.1, -0.05) is 35.9 Å². The average Bonchev–Trinajstić information content (AvgIpc) is 2.93. The van der Waals surface area contributed by atoms with Gasteiger partial charge in [0.05, 0.1) is 12.2 Å². The van der Waals surface area contributed by atoms with Crippen molar-refractivity contribution in [3.8, 4) is 5.75 Å². The minimum Gasteiger partial charge on any atom is -0.493 e. The molecule has 0 amide bonds. The Kier molecular flexibility index (Phi) is 3.92. The van der Waals surface area contributed by atoms with Gasteiger partial charge in [0, 0.05) is 11.4 Å². The molecule has 2 aromatic rings. The summed E-state index contributed by atoms with van der Waals surface area (Å²) in [5.74, 6) is 1.00. The number of rotatable bonds is 4. The Morgan fingerprint density at radius 1 is 1.19 bits per heavy atom. The van der Waals surface area contributed by atoms with Gasteiger partial charge in [-0.3, -0.25) is 0 Å². The lowest BCUT2D eigenvalue weighted by atomic mass is 9.89. The number of halogens is 1. The van der Waals surface area contributed by atoms with Gasteiger partial charge < -0.3 is 9.84 Å². The summed E-state index contributed by atoms with van der Waals surface area (Å²) in [5.41, 5.74) is 2.57. The highest BCUT2D eigenvalue weighted by Crippen LogP contribution is 2.30. The predicted molar refractivity (Wildman–Crippen MR) is 85.0 cm³/mol. The summed E-state index contributed by atoms with van der Waals surface area (Å²) in [7, 11) is 0. The van der Waals surface area contributed by atoms with Crippen LogP contribution in [0.2, 0.25) is 5.02 Å². The van der Waals surface area contributed by atoms with E-state index in [0.717, 1.165) is 30.8 Å². The van der Waals surface area contributed by atoms with Crippen LogP contribution in [-0.2, 0) is 18.4 Å². The number of hydrogen-bond donors (Lipinski definition) is 1. The SMILES string of the molecule is CC(O)(CCc1ccc2c(c1)CCO2)c1ccc(Cl)cc1. The van der Waals surface area contributed by atoms with Crippen molar-refractivity contribution in [3.63, 3.8) is 0 Å². The van der Waals surface area contributed by atoms with Gasteiger partial charge in [-0.15, -0.1) is 0 Å². The number of aliphatic hydroxyl groups is 1. The number of hydrogen-bond acceptors (Lipinski definition) is 2. The first kappa shape index (κ1) is 14.4. The van der Waals surface area contributed by atoms with Gasteiger partial charge >= 0.3 is 0 Å². The van der Waals surface area contributed by atoms with E-state index in [4.69, 9.17) is 16.3 Å². The van der Waals surface area contributed by atoms with Crippen LogP contribution in [0.15, 0.2) is 42.5 Å². The number of aryl methyl sites for hydroxylation is 1. The molecule has 1 aliphatic rings. The maximum absolute atomic E-state index is 10.7. The van der Waals surface area contributed by atoms with Crippen LogP contribution < -0.4 is 4.74 Å². The van der Waals surface area contributed by atoms with E-state index in [1.807, 2.05) is 37.3 Å². The second kappa shape index (κ2) is 5.70. The molecule has 2 aromatic carbocycles. The number of fused-ring (bicyclic) bond motifs is 1. The van der Waals surface area contributed by atoms with Crippen LogP contribution in [0.5, 0.6) is 5.75 Å². The van der Waals surface area contributed by atoms with Gasteiger partial charge in [0.25, 0.3) is 0 Å². The zero-order chi connectivity index (χ0) is 14.9. The van der Waals surface area contributed by atoms with Crippen LogP contribution in [0.1, 0.15) is 30.0 Å². The van der Waals surface area contributed by atoms with Crippen LogP contribution in [0.25, 0.3) is 0 Å². The highest BCUT2D eigenvalue weighted by atomic mass is 35.5. The lowest BCUT2D eigenvalue weighted by Gasteiger charge is -2.24. The topological polar surface area (TPSA) is 29.5 Å². The second-order valence-corrected chi connectivity index (χ2v) is 6.26. The predicted octanol–water partition coefficient (Wildman–Crippen LogP) is 4.12. The van der Waals surface area contributed by atoms with Crippen molar-refractivity contribution in [2.24, 2.45) is 0 Å². The third kappa shape index (κ3) is 3.22. The largest absolute Gasteiger partial charge is 0.493 e. The smallest absolute Gasteiger partial charge is 0.122 e. The first-order valence-electron chi connectivity index (χ1n) is 7.28. The van der Waals surface area contributed by atoms with Gasteiger partial charge in [-0.05, 0) is 54.7 Å². The zero-order valence-electron chi connectivity index (χ0n) is 12.1. The molecule has 3 rings (SSSR count). The van der Waals surface area contributed by atoms with E-state index in [1.54, 1.807) is 0 Å². The molecule has 3 heteroatoms. The van der Waals surface area contributed by atoms with Crippen LogP contribution in [-0.4, -0.2) is 11.7 Å². The van der Waals surface area contributed by atoms with Crippen molar-refractivity contribution in [2.75, 3.05) is 6.61 Å². The maximum Gasteiger partial charge on any atom is 0.122 e. The standard InChI is InChI=1S/C18H19ClO2/c1-18(20,15-3-5-16(19)6-4-15)10-8-13-2-7-17-14(12-13)9-11-21-17/h2-7,12,20H,8-11H2,1H3. The van der Waals surface area contributed by atoms with Crippen molar-refractivity contribution >= 4 is 11.6 Å². The molecule has 0 aliphatic carbocycles. The van der Waals surface area contributed by atoms with E-state index in [9.17, 15) is 5.11 Å². The highest BCUT2D eigenvalue weighted by Gasteiger charge is 2.23. The van der Waals surface area contributed by atoms with E-state index >= 15 is 0 Å². The quantitative estimate of drug-likeness (QED) is 0.921. The summed E-state index contributed by atoms with van der Waals surface area (Å²) in [6, 6.07) is 13.7. The molecule has 0 saturated heterocycles. The van der Waals surface area contributed by atoms with E-state index in [2.05, 4.69) is 12.1 Å². The number of benzene rings is 2. The molecule has 1 heterocycles. The van der Waals surface area contributed by atoms with Crippen molar-refractivity contribution in [1.29, 1.82) is 0 Å². The average molecular weight is 303 g/mol. The first-order chi connectivity index (χ1) is 10.0. The van der Waals surface area contributed by atoms with Crippen LogP contribution >= 0.6 is 11.6 Å². The van der Waals surface area contributed by atoms with E-state index in [1.165, 1.54) is 11.1 Å². The Morgan fingerprint density at radius 3 is 2.71 bits per heavy atom. The fourth-order valence-corrected chi connectivity index (χ4v) is 2.86. The Balaban J connectivity index is 1.70. The molecule has 2 nitrogen and oxygen atoms in total. The zero-order valence-corrected chi connectivity index (χ0v) is 12.9. The maximum atomic E-state index is 10.7. The van der Waals surface area contributed by atoms with Gasteiger partial charge in [0.1, 0.15) is 5.75 Å². The van der Waals surface area contributed by atoms with Crippen molar-refractivity contribution in [2.45, 2.75) is 31.8 Å². The first-order valence-corrected chi connectivity index (χ1v) is 7.65. The van der Waals surface area contributed by atoms with Gasteiger partial charge in [0.2, 0.25) is 0 Å². The van der Waals surface area contributed by atoms with E-state index in [-0.39, 0.29) is 0 Å². The molecule has 1 N–H and O–H groups in total. The monoisotopic (exact) mass is 302 g/mol. The van der Waals surface area contributed by atoms with E-state index in [0.29, 0.717) is 11.4 Å². The molecular formula is C18H19ClO2. The lowest BCUT2D eigenvalue weighted by Crippen LogP contribution is -2.21. The second-order valence-electron chi connectivity index (χ2n) is 5.82. The minimum absolute atomic E-state index is 0.675. The molecule has 0 bridgehead atoms. The molecule has 0 fully saturated rings. The number of ether oxygens (including phenoxy) is 1. The van der Waals surface area contributed by atoms with Gasteiger partial charge in [-0.25, -0.2) is 0 Å².